The summed E-state index contributed by atoms with van der Waals surface area (Å²) in [5, 5.41) is 10.4. The average molecular weight is 308 g/mol. The van der Waals surface area contributed by atoms with Crippen molar-refractivity contribution in [2.75, 3.05) is 6.54 Å². The molecule has 0 radical (unpaired) electrons. The predicted octanol–water partition coefficient (Wildman–Crippen LogP) is 3.30. The highest BCUT2D eigenvalue weighted by Crippen LogP contribution is 2.33. The monoisotopic (exact) mass is 307 g/mol. The summed E-state index contributed by atoms with van der Waals surface area (Å²) in [5.41, 5.74) is 6.56. The third-order valence-corrected chi connectivity index (χ3v) is 4.34. The molecule has 2 atom stereocenters. The minimum absolute atomic E-state index is 0.0806. The van der Waals surface area contributed by atoms with Crippen molar-refractivity contribution >= 4 is 11.6 Å². The molecule has 2 unspecified atom stereocenters. The first-order valence-corrected chi connectivity index (χ1v) is 7.25. The molecule has 0 aromatic heterocycles. The molecule has 112 valence electrons. The molecule has 0 aliphatic rings. The second-order valence-corrected chi connectivity index (χ2v) is 5.70. The fraction of sp³-hybridized carbons (Fsp3) is 0.294. The molecule has 2 aromatic carbocycles. The van der Waals surface area contributed by atoms with Gasteiger partial charge in [0.05, 0.1) is 11.1 Å². The predicted molar refractivity (Wildman–Crippen MR) is 84.0 cm³/mol. The summed E-state index contributed by atoms with van der Waals surface area (Å²) in [5.74, 6) is -0.450. The maximum atomic E-state index is 14.2. The first kappa shape index (κ1) is 16.0. The van der Waals surface area contributed by atoms with Gasteiger partial charge in [-0.15, -0.1) is 0 Å². The Morgan fingerprint density at radius 3 is 2.43 bits per heavy atom. The van der Waals surface area contributed by atoms with Gasteiger partial charge in [0.15, 0.2) is 0 Å². The van der Waals surface area contributed by atoms with Crippen LogP contribution in [0.3, 0.4) is 0 Å². The highest BCUT2D eigenvalue weighted by Gasteiger charge is 2.37. The molecule has 0 amide bonds. The van der Waals surface area contributed by atoms with E-state index in [0.717, 1.165) is 5.56 Å². The Balaban J connectivity index is 2.49. The zero-order valence-corrected chi connectivity index (χ0v) is 12.6. The molecule has 0 aliphatic carbocycles. The van der Waals surface area contributed by atoms with E-state index in [9.17, 15) is 9.50 Å². The SMILES string of the molecule is CC(O)C(CN)(Cc1cccc(Cl)c1F)c1ccccc1. The molecule has 21 heavy (non-hydrogen) atoms. The number of benzene rings is 2. The van der Waals surface area contributed by atoms with Gasteiger partial charge < -0.3 is 10.8 Å². The van der Waals surface area contributed by atoms with Crippen LogP contribution in [0.5, 0.6) is 0 Å². The fourth-order valence-electron chi connectivity index (χ4n) is 2.65. The van der Waals surface area contributed by atoms with E-state index in [-0.39, 0.29) is 18.0 Å². The maximum Gasteiger partial charge on any atom is 0.145 e. The van der Waals surface area contributed by atoms with Gasteiger partial charge in [-0.05, 0) is 30.5 Å². The second-order valence-electron chi connectivity index (χ2n) is 5.29. The standard InChI is InChI=1S/C17H19ClFNO/c1-12(21)17(11-20,14-7-3-2-4-8-14)10-13-6-5-9-15(18)16(13)19/h2-9,12,21H,10-11,20H2,1H3. The number of aliphatic hydroxyl groups is 1. The summed E-state index contributed by atoms with van der Waals surface area (Å²) in [6.07, 6.45) is -0.430. The minimum Gasteiger partial charge on any atom is -0.392 e. The van der Waals surface area contributed by atoms with Gasteiger partial charge in [-0.25, -0.2) is 4.39 Å². The molecule has 4 heteroatoms. The van der Waals surface area contributed by atoms with Crippen LogP contribution >= 0.6 is 11.6 Å². The first-order valence-electron chi connectivity index (χ1n) is 6.88. The minimum atomic E-state index is -0.743. The van der Waals surface area contributed by atoms with Crippen molar-refractivity contribution in [3.05, 3.63) is 70.5 Å². The Morgan fingerprint density at radius 2 is 1.86 bits per heavy atom. The van der Waals surface area contributed by atoms with Gasteiger partial charge in [0.1, 0.15) is 5.82 Å². The third-order valence-electron chi connectivity index (χ3n) is 4.05. The van der Waals surface area contributed by atoms with E-state index in [4.69, 9.17) is 17.3 Å². The molecule has 0 spiro atoms. The molecule has 2 nitrogen and oxygen atoms in total. The summed E-state index contributed by atoms with van der Waals surface area (Å²) in [6.45, 7) is 1.89. The molecule has 0 fully saturated rings. The summed E-state index contributed by atoms with van der Waals surface area (Å²) >= 11 is 5.84. The number of aliphatic hydroxyl groups excluding tert-OH is 1. The zero-order chi connectivity index (χ0) is 15.5. The summed E-state index contributed by atoms with van der Waals surface area (Å²) < 4.78 is 14.2. The highest BCUT2D eigenvalue weighted by atomic mass is 35.5. The van der Waals surface area contributed by atoms with E-state index >= 15 is 0 Å². The van der Waals surface area contributed by atoms with Gasteiger partial charge in [-0.2, -0.15) is 0 Å². The summed E-state index contributed by atoms with van der Waals surface area (Å²) in [7, 11) is 0. The lowest BCUT2D eigenvalue weighted by Crippen LogP contribution is -2.46. The van der Waals surface area contributed by atoms with Crippen LogP contribution in [0.1, 0.15) is 18.1 Å². The molecular weight excluding hydrogens is 289 g/mol. The number of halogens is 2. The number of nitrogens with two attached hydrogens (primary N) is 1. The summed E-state index contributed by atoms with van der Waals surface area (Å²) in [6, 6.07) is 14.4. The van der Waals surface area contributed by atoms with Crippen LogP contribution in [0, 0.1) is 5.82 Å². The Kier molecular flexibility index (Phi) is 4.99. The van der Waals surface area contributed by atoms with Crippen LogP contribution < -0.4 is 5.73 Å². The Morgan fingerprint density at radius 1 is 1.19 bits per heavy atom. The van der Waals surface area contributed by atoms with Crippen LogP contribution in [0.25, 0.3) is 0 Å². The van der Waals surface area contributed by atoms with E-state index in [0.29, 0.717) is 5.56 Å². The van der Waals surface area contributed by atoms with E-state index in [1.165, 1.54) is 6.07 Å². The van der Waals surface area contributed by atoms with Crippen LogP contribution in [-0.4, -0.2) is 17.8 Å². The van der Waals surface area contributed by atoms with Crippen molar-refractivity contribution in [2.24, 2.45) is 5.73 Å². The molecular formula is C17H19ClFNO. The lowest BCUT2D eigenvalue weighted by molar-refractivity contribution is 0.0995. The number of hydrogen-bond donors (Lipinski definition) is 2. The Hall–Kier alpha value is -1.42. The topological polar surface area (TPSA) is 46.2 Å². The molecule has 0 saturated carbocycles. The molecule has 2 aromatic rings. The smallest absolute Gasteiger partial charge is 0.145 e. The summed E-state index contributed by atoms with van der Waals surface area (Å²) in [4.78, 5) is 0. The maximum absolute atomic E-state index is 14.2. The van der Waals surface area contributed by atoms with Crippen LogP contribution in [0.2, 0.25) is 5.02 Å². The van der Waals surface area contributed by atoms with Crippen molar-refractivity contribution < 1.29 is 9.50 Å². The van der Waals surface area contributed by atoms with E-state index in [1.54, 1.807) is 19.1 Å². The first-order chi connectivity index (χ1) is 10.0. The van der Waals surface area contributed by atoms with Crippen molar-refractivity contribution in [3.63, 3.8) is 0 Å². The number of hydrogen-bond acceptors (Lipinski definition) is 2. The molecule has 2 rings (SSSR count). The van der Waals surface area contributed by atoms with Crippen molar-refractivity contribution in [2.45, 2.75) is 24.9 Å². The van der Waals surface area contributed by atoms with Crippen LogP contribution in [0.4, 0.5) is 4.39 Å². The van der Waals surface area contributed by atoms with Crippen molar-refractivity contribution in [1.29, 1.82) is 0 Å². The van der Waals surface area contributed by atoms with E-state index < -0.39 is 17.3 Å². The van der Waals surface area contributed by atoms with Gasteiger partial charge in [0, 0.05) is 12.0 Å². The second kappa shape index (κ2) is 6.56. The van der Waals surface area contributed by atoms with E-state index in [1.807, 2.05) is 30.3 Å². The zero-order valence-electron chi connectivity index (χ0n) is 11.9. The van der Waals surface area contributed by atoms with Crippen LogP contribution in [-0.2, 0) is 11.8 Å². The van der Waals surface area contributed by atoms with Gasteiger partial charge >= 0.3 is 0 Å². The normalized spacial score (nSPS) is 15.5. The lowest BCUT2D eigenvalue weighted by atomic mass is 9.71. The largest absolute Gasteiger partial charge is 0.392 e. The van der Waals surface area contributed by atoms with E-state index in [2.05, 4.69) is 0 Å². The third kappa shape index (κ3) is 3.10. The van der Waals surface area contributed by atoms with Gasteiger partial charge in [0.2, 0.25) is 0 Å². The number of rotatable bonds is 5. The molecule has 3 N–H and O–H groups in total. The van der Waals surface area contributed by atoms with Crippen LogP contribution in [0.15, 0.2) is 48.5 Å². The van der Waals surface area contributed by atoms with Gasteiger partial charge in [0.25, 0.3) is 0 Å². The molecule has 0 saturated heterocycles. The average Bonchev–Trinajstić information content (AvgIpc) is 2.49. The van der Waals surface area contributed by atoms with Crippen molar-refractivity contribution in [1.82, 2.24) is 0 Å². The molecule has 0 bridgehead atoms. The van der Waals surface area contributed by atoms with Gasteiger partial charge in [-0.1, -0.05) is 54.1 Å². The van der Waals surface area contributed by atoms with Gasteiger partial charge in [-0.3, -0.25) is 0 Å². The lowest BCUT2D eigenvalue weighted by Gasteiger charge is -2.36. The van der Waals surface area contributed by atoms with Crippen molar-refractivity contribution in [3.8, 4) is 0 Å². The Bertz CT molecular complexity index is 603. The highest BCUT2D eigenvalue weighted by molar-refractivity contribution is 6.30. The quantitative estimate of drug-likeness (QED) is 0.890. The molecule has 0 heterocycles. The molecule has 0 aliphatic heterocycles. The fourth-order valence-corrected chi connectivity index (χ4v) is 2.84. The Labute approximate surface area is 129 Å².